The van der Waals surface area contributed by atoms with Crippen LogP contribution in [0.4, 0.5) is 0 Å². The lowest BCUT2D eigenvalue weighted by molar-refractivity contribution is -0.142. The van der Waals surface area contributed by atoms with E-state index in [-0.39, 0.29) is 48.3 Å². The number of aromatic hydroxyl groups is 1. The van der Waals surface area contributed by atoms with Crippen molar-refractivity contribution in [1.82, 2.24) is 0 Å². The minimum Gasteiger partial charge on any atom is -0.508 e. The molecule has 0 saturated heterocycles. The van der Waals surface area contributed by atoms with Crippen molar-refractivity contribution in [2.24, 2.45) is 5.92 Å². The minimum absolute atomic E-state index is 0.115. The zero-order chi connectivity index (χ0) is 14.0. The number of phenols is 1. The second-order valence-electron chi connectivity index (χ2n) is 4.89. The van der Waals surface area contributed by atoms with Crippen molar-refractivity contribution < 1.29 is 19.5 Å². The lowest BCUT2D eigenvalue weighted by Gasteiger charge is -2.25. The lowest BCUT2D eigenvalue weighted by Crippen LogP contribution is -2.37. The number of rotatable bonds is 3. The van der Waals surface area contributed by atoms with E-state index in [9.17, 15) is 19.5 Å². The molecule has 0 bridgehead atoms. The van der Waals surface area contributed by atoms with Gasteiger partial charge in [0.2, 0.25) is 0 Å². The van der Waals surface area contributed by atoms with Crippen LogP contribution >= 0.6 is 0 Å². The summed E-state index contributed by atoms with van der Waals surface area (Å²) in [6.45, 7) is 1.66. The normalized spacial score (nSPS) is 23.4. The average Bonchev–Trinajstić information content (AvgIpc) is 2.37. The molecule has 1 aliphatic carbocycles. The summed E-state index contributed by atoms with van der Waals surface area (Å²) in [4.78, 5) is 35.5. The van der Waals surface area contributed by atoms with Crippen molar-refractivity contribution in [3.8, 4) is 5.75 Å². The molecule has 1 saturated carbocycles. The van der Waals surface area contributed by atoms with E-state index in [0.29, 0.717) is 0 Å². The fourth-order valence-corrected chi connectivity index (χ4v) is 2.55. The molecule has 0 aromatic heterocycles. The predicted molar refractivity (Wildman–Crippen MR) is 68.9 cm³/mol. The van der Waals surface area contributed by atoms with Crippen LogP contribution in [0, 0.1) is 5.92 Å². The standard InChI is InChI=1S/C15H16O4/c1-2-12(17)15-13(18)7-10(8-14(15)19)9-4-3-5-11(16)6-9/h3-6,10,15-16H,2,7-8H2,1H3. The van der Waals surface area contributed by atoms with E-state index >= 15 is 0 Å². The second kappa shape index (κ2) is 5.34. The zero-order valence-electron chi connectivity index (χ0n) is 10.8. The van der Waals surface area contributed by atoms with E-state index in [1.807, 2.05) is 0 Å². The summed E-state index contributed by atoms with van der Waals surface area (Å²) in [5, 5.41) is 9.43. The van der Waals surface area contributed by atoms with Crippen molar-refractivity contribution in [3.05, 3.63) is 29.8 Å². The molecular weight excluding hydrogens is 244 g/mol. The summed E-state index contributed by atoms with van der Waals surface area (Å²) in [5.41, 5.74) is 0.768. The minimum atomic E-state index is -1.06. The first-order valence-corrected chi connectivity index (χ1v) is 6.40. The number of carbonyl (C=O) groups is 3. The van der Waals surface area contributed by atoms with Crippen molar-refractivity contribution in [2.45, 2.75) is 32.1 Å². The quantitative estimate of drug-likeness (QED) is 0.844. The summed E-state index contributed by atoms with van der Waals surface area (Å²) < 4.78 is 0. The van der Waals surface area contributed by atoms with Gasteiger partial charge in [0.25, 0.3) is 0 Å². The highest BCUT2D eigenvalue weighted by atomic mass is 16.3. The van der Waals surface area contributed by atoms with Gasteiger partial charge in [0.1, 0.15) is 11.7 Å². The fraction of sp³-hybridized carbons (Fsp3) is 0.400. The van der Waals surface area contributed by atoms with Crippen LogP contribution in [0.3, 0.4) is 0 Å². The summed E-state index contributed by atoms with van der Waals surface area (Å²) in [7, 11) is 0. The van der Waals surface area contributed by atoms with Gasteiger partial charge in [-0.15, -0.1) is 0 Å². The van der Waals surface area contributed by atoms with Gasteiger partial charge in [-0.3, -0.25) is 14.4 Å². The summed E-state index contributed by atoms with van der Waals surface area (Å²) >= 11 is 0. The van der Waals surface area contributed by atoms with Crippen LogP contribution in [0.1, 0.15) is 37.7 Å². The Kier molecular flexibility index (Phi) is 3.79. The van der Waals surface area contributed by atoms with E-state index in [2.05, 4.69) is 0 Å². The Labute approximate surface area is 111 Å². The van der Waals surface area contributed by atoms with Gasteiger partial charge in [-0.25, -0.2) is 0 Å². The van der Waals surface area contributed by atoms with Gasteiger partial charge in [-0.05, 0) is 23.6 Å². The first-order valence-electron chi connectivity index (χ1n) is 6.40. The molecule has 0 spiro atoms. The largest absolute Gasteiger partial charge is 0.508 e. The van der Waals surface area contributed by atoms with Crippen LogP contribution < -0.4 is 0 Å². The number of hydrogen-bond donors (Lipinski definition) is 1. The molecule has 0 amide bonds. The average molecular weight is 260 g/mol. The summed E-state index contributed by atoms with van der Waals surface area (Å²) in [6, 6.07) is 6.57. The molecule has 100 valence electrons. The van der Waals surface area contributed by atoms with E-state index in [1.165, 1.54) is 0 Å². The van der Waals surface area contributed by atoms with Gasteiger partial charge in [-0.2, -0.15) is 0 Å². The van der Waals surface area contributed by atoms with Crippen LogP contribution in [0.25, 0.3) is 0 Å². The summed E-state index contributed by atoms with van der Waals surface area (Å²) in [6.07, 6.45) is 0.580. The van der Waals surface area contributed by atoms with E-state index in [4.69, 9.17) is 0 Å². The lowest BCUT2D eigenvalue weighted by atomic mass is 9.75. The molecule has 2 rings (SSSR count). The molecule has 1 aromatic rings. The highest BCUT2D eigenvalue weighted by Crippen LogP contribution is 2.33. The monoisotopic (exact) mass is 260 g/mol. The molecule has 1 aromatic carbocycles. The van der Waals surface area contributed by atoms with Gasteiger partial charge in [-0.1, -0.05) is 19.1 Å². The van der Waals surface area contributed by atoms with Crippen LogP contribution in [-0.4, -0.2) is 22.5 Å². The number of ketones is 3. The van der Waals surface area contributed by atoms with Gasteiger partial charge in [0, 0.05) is 19.3 Å². The Morgan fingerprint density at radius 3 is 2.42 bits per heavy atom. The number of Topliss-reactive ketones (excluding diaryl/α,β-unsaturated/α-hetero) is 3. The second-order valence-corrected chi connectivity index (χ2v) is 4.89. The molecule has 0 radical (unpaired) electrons. The Morgan fingerprint density at radius 1 is 1.26 bits per heavy atom. The number of phenolic OH excluding ortho intramolecular Hbond substituents is 1. The maximum Gasteiger partial charge on any atom is 0.151 e. The Morgan fingerprint density at radius 2 is 1.89 bits per heavy atom. The van der Waals surface area contributed by atoms with E-state index in [0.717, 1.165) is 5.56 Å². The molecule has 0 aliphatic heterocycles. The number of carbonyl (C=O) groups excluding carboxylic acids is 3. The SMILES string of the molecule is CCC(=O)C1C(=O)CC(c2cccc(O)c2)CC1=O. The van der Waals surface area contributed by atoms with Gasteiger partial charge < -0.3 is 5.11 Å². The van der Waals surface area contributed by atoms with Crippen LogP contribution in [0.5, 0.6) is 5.75 Å². The maximum absolute atomic E-state index is 12.0. The van der Waals surface area contributed by atoms with E-state index < -0.39 is 5.92 Å². The van der Waals surface area contributed by atoms with Crippen molar-refractivity contribution in [2.75, 3.05) is 0 Å². The molecule has 4 nitrogen and oxygen atoms in total. The molecule has 0 heterocycles. The fourth-order valence-electron chi connectivity index (χ4n) is 2.55. The van der Waals surface area contributed by atoms with Crippen LogP contribution in [-0.2, 0) is 14.4 Å². The zero-order valence-corrected chi connectivity index (χ0v) is 10.8. The Hall–Kier alpha value is -1.97. The smallest absolute Gasteiger partial charge is 0.151 e. The topological polar surface area (TPSA) is 71.4 Å². The van der Waals surface area contributed by atoms with Crippen molar-refractivity contribution in [1.29, 1.82) is 0 Å². The molecule has 1 N–H and O–H groups in total. The van der Waals surface area contributed by atoms with Gasteiger partial charge in [0.05, 0.1) is 0 Å². The molecule has 1 aliphatic rings. The Balaban J connectivity index is 2.20. The highest BCUT2D eigenvalue weighted by Gasteiger charge is 2.39. The molecule has 0 atom stereocenters. The van der Waals surface area contributed by atoms with Crippen LogP contribution in [0.15, 0.2) is 24.3 Å². The molecule has 19 heavy (non-hydrogen) atoms. The molecular formula is C15H16O4. The van der Waals surface area contributed by atoms with Crippen LogP contribution in [0.2, 0.25) is 0 Å². The highest BCUT2D eigenvalue weighted by molar-refractivity contribution is 6.20. The van der Waals surface area contributed by atoms with Crippen molar-refractivity contribution in [3.63, 3.8) is 0 Å². The number of hydrogen-bond acceptors (Lipinski definition) is 4. The maximum atomic E-state index is 12.0. The Bertz CT molecular complexity index is 515. The summed E-state index contributed by atoms with van der Waals surface area (Å²) in [5.74, 6) is -2.05. The third-order valence-corrected chi connectivity index (χ3v) is 3.55. The first kappa shape index (κ1) is 13.5. The van der Waals surface area contributed by atoms with E-state index in [1.54, 1.807) is 31.2 Å². The predicted octanol–water partition coefficient (Wildman–Crippen LogP) is 2.00. The third kappa shape index (κ3) is 2.72. The number of benzene rings is 1. The van der Waals surface area contributed by atoms with Crippen molar-refractivity contribution >= 4 is 17.3 Å². The molecule has 4 heteroatoms. The first-order chi connectivity index (χ1) is 9.02. The molecule has 1 fully saturated rings. The van der Waals surface area contributed by atoms with Gasteiger partial charge in [0.15, 0.2) is 17.3 Å². The third-order valence-electron chi connectivity index (χ3n) is 3.55. The van der Waals surface area contributed by atoms with Gasteiger partial charge >= 0.3 is 0 Å². The molecule has 0 unspecified atom stereocenters.